The topological polar surface area (TPSA) is 78.4 Å². The van der Waals surface area contributed by atoms with Crippen molar-refractivity contribution in [2.45, 2.75) is 0 Å². The maximum atomic E-state index is 11.3. The summed E-state index contributed by atoms with van der Waals surface area (Å²) in [6.07, 6.45) is 0. The van der Waals surface area contributed by atoms with Crippen LogP contribution >= 0.6 is 0 Å². The number of hydrogen-bond donors (Lipinski definition) is 1. The van der Waals surface area contributed by atoms with Gasteiger partial charge in [-0.2, -0.15) is 0 Å². The average molecular weight is 330 g/mol. The number of primary amides is 1. The number of aromatic nitrogens is 1. The fourth-order valence-electron chi connectivity index (χ4n) is 2.52. The summed E-state index contributed by atoms with van der Waals surface area (Å²) in [5.41, 5.74) is 7.74. The largest absolute Gasteiger partial charge is 0.457 e. The lowest BCUT2D eigenvalue weighted by Crippen LogP contribution is -2.10. The predicted octanol–water partition coefficient (Wildman–Crippen LogP) is 4.39. The summed E-state index contributed by atoms with van der Waals surface area (Å²) in [6.45, 7) is 0. The molecule has 25 heavy (non-hydrogen) atoms. The van der Waals surface area contributed by atoms with E-state index in [1.807, 2.05) is 48.5 Å². The van der Waals surface area contributed by atoms with Crippen LogP contribution in [0, 0.1) is 0 Å². The predicted molar refractivity (Wildman–Crippen MR) is 94.5 cm³/mol. The molecule has 1 amide bonds. The average Bonchev–Trinajstić information content (AvgIpc) is 3.06. The lowest BCUT2D eigenvalue weighted by Gasteiger charge is -2.04. The van der Waals surface area contributed by atoms with E-state index in [0.717, 1.165) is 5.75 Å². The third-order valence-corrected chi connectivity index (χ3v) is 3.73. The van der Waals surface area contributed by atoms with E-state index >= 15 is 0 Å². The maximum absolute atomic E-state index is 11.3. The normalized spacial score (nSPS) is 10.7. The second-order valence-corrected chi connectivity index (χ2v) is 5.51. The third kappa shape index (κ3) is 3.07. The van der Waals surface area contributed by atoms with Gasteiger partial charge in [0.15, 0.2) is 5.58 Å². The molecule has 5 nitrogen and oxygen atoms in total. The molecule has 0 aliphatic carbocycles. The van der Waals surface area contributed by atoms with E-state index in [-0.39, 0.29) is 0 Å². The number of amides is 1. The molecule has 1 heterocycles. The Morgan fingerprint density at radius 1 is 0.920 bits per heavy atom. The van der Waals surface area contributed by atoms with Gasteiger partial charge in [-0.1, -0.05) is 24.3 Å². The lowest BCUT2D eigenvalue weighted by atomic mass is 10.1. The Labute approximate surface area is 143 Å². The summed E-state index contributed by atoms with van der Waals surface area (Å²) in [7, 11) is 0. The lowest BCUT2D eigenvalue weighted by molar-refractivity contribution is 0.100. The van der Waals surface area contributed by atoms with Crippen LogP contribution in [0.5, 0.6) is 11.5 Å². The molecule has 5 heteroatoms. The van der Waals surface area contributed by atoms with Crippen molar-refractivity contribution in [1.82, 2.24) is 4.98 Å². The summed E-state index contributed by atoms with van der Waals surface area (Å²) in [4.78, 5) is 15.8. The molecule has 0 bridgehead atoms. The number of oxazole rings is 1. The van der Waals surface area contributed by atoms with Gasteiger partial charge >= 0.3 is 0 Å². The van der Waals surface area contributed by atoms with Crippen LogP contribution in [0.3, 0.4) is 0 Å². The Morgan fingerprint density at radius 2 is 1.76 bits per heavy atom. The van der Waals surface area contributed by atoms with E-state index in [1.165, 1.54) is 0 Å². The number of nitrogens with zero attached hydrogens (tertiary/aromatic N) is 1. The van der Waals surface area contributed by atoms with E-state index in [0.29, 0.717) is 33.9 Å². The van der Waals surface area contributed by atoms with Crippen molar-refractivity contribution in [2.24, 2.45) is 5.73 Å². The van der Waals surface area contributed by atoms with Gasteiger partial charge in [0.1, 0.15) is 17.0 Å². The van der Waals surface area contributed by atoms with Crippen LogP contribution in [-0.4, -0.2) is 10.9 Å². The number of para-hydroxylation sites is 1. The second-order valence-electron chi connectivity index (χ2n) is 5.51. The van der Waals surface area contributed by atoms with Crippen molar-refractivity contribution in [3.05, 3.63) is 78.4 Å². The third-order valence-electron chi connectivity index (χ3n) is 3.73. The molecule has 0 spiro atoms. The standard InChI is InChI=1S/C20H14N2O3/c21-19(23)13-5-4-6-14(11-13)20-22-17-10-9-16(12-18(17)25-20)24-15-7-2-1-3-8-15/h1-12H,(H2,21,23). The highest BCUT2D eigenvalue weighted by atomic mass is 16.5. The maximum Gasteiger partial charge on any atom is 0.248 e. The summed E-state index contributed by atoms with van der Waals surface area (Å²) < 4.78 is 11.6. The number of nitrogens with two attached hydrogens (primary N) is 1. The summed E-state index contributed by atoms with van der Waals surface area (Å²) in [5, 5.41) is 0. The zero-order valence-corrected chi connectivity index (χ0v) is 13.2. The van der Waals surface area contributed by atoms with Gasteiger partial charge in [-0.15, -0.1) is 0 Å². The Balaban J connectivity index is 1.69. The van der Waals surface area contributed by atoms with Gasteiger partial charge in [0, 0.05) is 17.2 Å². The minimum absolute atomic E-state index is 0.410. The van der Waals surface area contributed by atoms with Crippen molar-refractivity contribution < 1.29 is 13.9 Å². The summed E-state index contributed by atoms with van der Waals surface area (Å²) in [6, 6.07) is 21.8. The van der Waals surface area contributed by atoms with Crippen molar-refractivity contribution in [2.75, 3.05) is 0 Å². The summed E-state index contributed by atoms with van der Waals surface area (Å²) >= 11 is 0. The molecular weight excluding hydrogens is 316 g/mol. The van der Waals surface area contributed by atoms with E-state index in [4.69, 9.17) is 14.9 Å². The van der Waals surface area contributed by atoms with Crippen molar-refractivity contribution in [3.8, 4) is 23.0 Å². The Kier molecular flexibility index (Phi) is 3.67. The molecule has 0 saturated carbocycles. The number of ether oxygens (including phenoxy) is 1. The van der Waals surface area contributed by atoms with Crippen LogP contribution < -0.4 is 10.5 Å². The molecule has 0 fully saturated rings. The number of hydrogen-bond acceptors (Lipinski definition) is 4. The van der Waals surface area contributed by atoms with Crippen LogP contribution in [0.4, 0.5) is 0 Å². The van der Waals surface area contributed by atoms with Crippen LogP contribution in [0.1, 0.15) is 10.4 Å². The Bertz CT molecular complexity index is 1050. The fourth-order valence-corrected chi connectivity index (χ4v) is 2.52. The van der Waals surface area contributed by atoms with Gasteiger partial charge in [-0.05, 0) is 42.5 Å². The second kappa shape index (κ2) is 6.13. The van der Waals surface area contributed by atoms with Gasteiger partial charge in [0.2, 0.25) is 11.8 Å². The molecular formula is C20H14N2O3. The van der Waals surface area contributed by atoms with Gasteiger partial charge < -0.3 is 14.9 Å². The van der Waals surface area contributed by atoms with Crippen LogP contribution in [-0.2, 0) is 0 Å². The molecule has 0 unspecified atom stereocenters. The van der Waals surface area contributed by atoms with E-state index < -0.39 is 5.91 Å². The van der Waals surface area contributed by atoms with Crippen LogP contribution in [0.15, 0.2) is 77.2 Å². The molecule has 3 aromatic carbocycles. The number of benzene rings is 3. The van der Waals surface area contributed by atoms with Gasteiger partial charge in [0.25, 0.3) is 0 Å². The summed E-state index contributed by atoms with van der Waals surface area (Å²) in [5.74, 6) is 1.34. The molecule has 0 saturated heterocycles. The fraction of sp³-hybridized carbons (Fsp3) is 0. The van der Waals surface area contributed by atoms with Gasteiger partial charge in [-0.25, -0.2) is 4.98 Å². The SMILES string of the molecule is NC(=O)c1cccc(-c2nc3ccc(Oc4ccccc4)cc3o2)c1. The first kappa shape index (κ1) is 15.0. The molecule has 0 radical (unpaired) electrons. The van der Waals surface area contributed by atoms with Gasteiger partial charge in [0.05, 0.1) is 0 Å². The molecule has 0 atom stereocenters. The Hall–Kier alpha value is -3.60. The molecule has 122 valence electrons. The monoisotopic (exact) mass is 330 g/mol. The number of carbonyl (C=O) groups excluding carboxylic acids is 1. The first-order valence-corrected chi connectivity index (χ1v) is 7.73. The molecule has 2 N–H and O–H groups in total. The zero-order chi connectivity index (χ0) is 17.2. The first-order valence-electron chi connectivity index (χ1n) is 7.73. The minimum atomic E-state index is -0.489. The molecule has 0 aliphatic heterocycles. The van der Waals surface area contributed by atoms with E-state index in [1.54, 1.807) is 24.3 Å². The number of carbonyl (C=O) groups is 1. The smallest absolute Gasteiger partial charge is 0.248 e. The Morgan fingerprint density at radius 3 is 2.56 bits per heavy atom. The van der Waals surface area contributed by atoms with Crippen molar-refractivity contribution in [3.63, 3.8) is 0 Å². The van der Waals surface area contributed by atoms with E-state index in [2.05, 4.69) is 4.98 Å². The molecule has 4 aromatic rings. The number of rotatable bonds is 4. The van der Waals surface area contributed by atoms with Crippen molar-refractivity contribution >= 4 is 17.0 Å². The number of fused-ring (bicyclic) bond motifs is 1. The molecule has 4 rings (SSSR count). The van der Waals surface area contributed by atoms with Crippen LogP contribution in [0.2, 0.25) is 0 Å². The molecule has 1 aromatic heterocycles. The highest BCUT2D eigenvalue weighted by Gasteiger charge is 2.11. The zero-order valence-electron chi connectivity index (χ0n) is 13.2. The van der Waals surface area contributed by atoms with E-state index in [9.17, 15) is 4.79 Å². The highest BCUT2D eigenvalue weighted by molar-refractivity contribution is 5.94. The van der Waals surface area contributed by atoms with Crippen molar-refractivity contribution in [1.29, 1.82) is 0 Å². The van der Waals surface area contributed by atoms with Gasteiger partial charge in [-0.3, -0.25) is 4.79 Å². The molecule has 0 aliphatic rings. The first-order chi connectivity index (χ1) is 12.2. The minimum Gasteiger partial charge on any atom is -0.457 e. The highest BCUT2D eigenvalue weighted by Crippen LogP contribution is 2.29. The quantitative estimate of drug-likeness (QED) is 0.602. The van der Waals surface area contributed by atoms with Crippen LogP contribution in [0.25, 0.3) is 22.6 Å².